The Balaban J connectivity index is 0.00000220. The Kier molecular flexibility index (Phi) is 6.52. The van der Waals surface area contributed by atoms with Gasteiger partial charge in [-0.3, -0.25) is 4.79 Å². The molecule has 2 rings (SSSR count). The Labute approximate surface area is 131 Å². The van der Waals surface area contributed by atoms with Gasteiger partial charge in [0.05, 0.1) is 12.7 Å². The minimum Gasteiger partial charge on any atom is -0.493 e. The zero-order valence-electron chi connectivity index (χ0n) is 12.5. The van der Waals surface area contributed by atoms with Gasteiger partial charge in [-0.15, -0.1) is 12.4 Å². The molecule has 1 aromatic rings. The number of carbonyl (C=O) groups excluding carboxylic acids is 1. The molecule has 0 saturated carbocycles. The van der Waals surface area contributed by atoms with Crippen LogP contribution >= 0.6 is 12.4 Å². The molecule has 1 N–H and O–H groups in total. The molecule has 0 unspecified atom stereocenters. The van der Waals surface area contributed by atoms with Crippen molar-refractivity contribution in [3.8, 4) is 11.5 Å². The van der Waals surface area contributed by atoms with E-state index >= 15 is 0 Å². The van der Waals surface area contributed by atoms with Crippen molar-refractivity contribution in [3.05, 3.63) is 29.3 Å². The van der Waals surface area contributed by atoms with E-state index in [2.05, 4.69) is 5.32 Å². The van der Waals surface area contributed by atoms with Gasteiger partial charge >= 0.3 is 0 Å². The molecule has 1 heterocycles. The molecule has 0 atom stereocenters. The van der Waals surface area contributed by atoms with Crippen molar-refractivity contribution in [2.75, 3.05) is 40.9 Å². The van der Waals surface area contributed by atoms with Crippen LogP contribution in [-0.2, 0) is 4.79 Å². The highest BCUT2D eigenvalue weighted by Crippen LogP contribution is 2.35. The molecule has 5 nitrogen and oxygen atoms in total. The third kappa shape index (κ3) is 3.89. The van der Waals surface area contributed by atoms with E-state index in [1.165, 1.54) is 0 Å². The van der Waals surface area contributed by atoms with E-state index in [0.717, 1.165) is 12.1 Å². The lowest BCUT2D eigenvalue weighted by atomic mass is 10.1. The monoisotopic (exact) mass is 312 g/mol. The number of methoxy groups -OCH3 is 1. The fourth-order valence-corrected chi connectivity index (χ4v) is 2.09. The van der Waals surface area contributed by atoms with Crippen LogP contribution in [-0.4, -0.2) is 51.7 Å². The van der Waals surface area contributed by atoms with Crippen molar-refractivity contribution in [3.63, 3.8) is 0 Å². The lowest BCUT2D eigenvalue weighted by molar-refractivity contribution is -0.126. The first-order chi connectivity index (χ1) is 9.67. The molecule has 0 bridgehead atoms. The fraction of sp³-hybridized carbons (Fsp3) is 0.400. The highest BCUT2D eigenvalue weighted by Gasteiger charge is 2.21. The SMILES string of the molecule is CNCCN(C)C(=O)C1=Cc2cccc(OC)c2OC1.Cl. The summed E-state index contributed by atoms with van der Waals surface area (Å²) in [4.78, 5) is 14.0. The summed E-state index contributed by atoms with van der Waals surface area (Å²) in [6.07, 6.45) is 1.87. The molecular formula is C15H21ClN2O3. The Morgan fingerprint density at radius 1 is 1.48 bits per heavy atom. The maximum atomic E-state index is 12.3. The molecule has 21 heavy (non-hydrogen) atoms. The second-order valence-electron chi connectivity index (χ2n) is 4.67. The zero-order chi connectivity index (χ0) is 14.5. The Morgan fingerprint density at radius 2 is 2.24 bits per heavy atom. The normalized spacial score (nSPS) is 12.4. The molecule has 1 aliphatic heterocycles. The highest BCUT2D eigenvalue weighted by atomic mass is 35.5. The molecule has 0 saturated heterocycles. The third-order valence-corrected chi connectivity index (χ3v) is 3.25. The number of hydrogen-bond acceptors (Lipinski definition) is 4. The van der Waals surface area contributed by atoms with Gasteiger partial charge in [-0.2, -0.15) is 0 Å². The van der Waals surface area contributed by atoms with Gasteiger partial charge < -0.3 is 19.7 Å². The number of ether oxygens (including phenoxy) is 2. The van der Waals surface area contributed by atoms with Crippen molar-refractivity contribution in [2.45, 2.75) is 0 Å². The molecular weight excluding hydrogens is 292 g/mol. The summed E-state index contributed by atoms with van der Waals surface area (Å²) in [5, 5.41) is 3.03. The smallest absolute Gasteiger partial charge is 0.253 e. The van der Waals surface area contributed by atoms with Crippen LogP contribution in [0.15, 0.2) is 23.8 Å². The van der Waals surface area contributed by atoms with E-state index in [9.17, 15) is 4.79 Å². The molecule has 1 aliphatic rings. The molecule has 6 heteroatoms. The quantitative estimate of drug-likeness (QED) is 0.896. The molecule has 1 aromatic carbocycles. The molecule has 116 valence electrons. The number of benzene rings is 1. The summed E-state index contributed by atoms with van der Waals surface area (Å²) >= 11 is 0. The standard InChI is InChI=1S/C15H20N2O3.ClH/c1-16-7-8-17(2)15(18)12-9-11-5-4-6-13(19-3)14(11)20-10-12;/h4-6,9,16H,7-8,10H2,1-3H3;1H. The van der Waals surface area contributed by atoms with Crippen molar-refractivity contribution in [2.24, 2.45) is 0 Å². The largest absolute Gasteiger partial charge is 0.493 e. The van der Waals surface area contributed by atoms with E-state index in [4.69, 9.17) is 9.47 Å². The van der Waals surface area contributed by atoms with Crippen molar-refractivity contribution in [1.29, 1.82) is 0 Å². The number of nitrogens with one attached hydrogen (secondary N) is 1. The van der Waals surface area contributed by atoms with Crippen LogP contribution in [0.5, 0.6) is 11.5 Å². The first kappa shape index (κ1) is 17.3. The number of nitrogens with zero attached hydrogens (tertiary/aromatic N) is 1. The summed E-state index contributed by atoms with van der Waals surface area (Å²) in [6.45, 7) is 1.70. The van der Waals surface area contributed by atoms with Crippen LogP contribution in [0.3, 0.4) is 0 Å². The number of fused-ring (bicyclic) bond motifs is 1. The van der Waals surface area contributed by atoms with Crippen LogP contribution in [0.1, 0.15) is 5.56 Å². The number of carbonyl (C=O) groups is 1. The van der Waals surface area contributed by atoms with Gasteiger partial charge in [0.2, 0.25) is 0 Å². The maximum absolute atomic E-state index is 12.3. The van der Waals surface area contributed by atoms with Gasteiger partial charge in [-0.1, -0.05) is 12.1 Å². The molecule has 0 fully saturated rings. The summed E-state index contributed by atoms with van der Waals surface area (Å²) in [5.41, 5.74) is 1.53. The minimum atomic E-state index is -0.00581. The molecule has 0 aliphatic carbocycles. The third-order valence-electron chi connectivity index (χ3n) is 3.25. The maximum Gasteiger partial charge on any atom is 0.253 e. The van der Waals surface area contributed by atoms with Gasteiger partial charge in [-0.05, 0) is 19.2 Å². The van der Waals surface area contributed by atoms with Crippen molar-refractivity contribution in [1.82, 2.24) is 10.2 Å². The van der Waals surface area contributed by atoms with Gasteiger partial charge in [0.1, 0.15) is 6.61 Å². The summed E-state index contributed by atoms with van der Waals surface area (Å²) < 4.78 is 10.9. The van der Waals surface area contributed by atoms with E-state index in [1.807, 2.05) is 31.3 Å². The highest BCUT2D eigenvalue weighted by molar-refractivity contribution is 5.99. The molecule has 0 radical (unpaired) electrons. The topological polar surface area (TPSA) is 50.8 Å². The average Bonchev–Trinajstić information content (AvgIpc) is 2.50. The van der Waals surface area contributed by atoms with E-state index in [-0.39, 0.29) is 24.9 Å². The second kappa shape index (κ2) is 7.90. The lowest BCUT2D eigenvalue weighted by Gasteiger charge is -2.23. The number of para-hydroxylation sites is 1. The van der Waals surface area contributed by atoms with Gasteiger partial charge in [0.15, 0.2) is 11.5 Å². The number of amides is 1. The molecule has 0 spiro atoms. The van der Waals surface area contributed by atoms with E-state index < -0.39 is 0 Å². The fourth-order valence-electron chi connectivity index (χ4n) is 2.09. The van der Waals surface area contributed by atoms with Crippen LogP contribution in [0, 0.1) is 0 Å². The number of halogens is 1. The summed E-state index contributed by atoms with van der Waals surface area (Å²) in [6, 6.07) is 5.64. The first-order valence-corrected chi connectivity index (χ1v) is 6.57. The second-order valence-corrected chi connectivity index (χ2v) is 4.67. The first-order valence-electron chi connectivity index (χ1n) is 6.57. The number of rotatable bonds is 5. The minimum absolute atomic E-state index is 0. The van der Waals surface area contributed by atoms with Crippen LogP contribution in [0.4, 0.5) is 0 Å². The van der Waals surface area contributed by atoms with Crippen LogP contribution in [0.2, 0.25) is 0 Å². The Bertz CT molecular complexity index is 532. The summed E-state index contributed by atoms with van der Waals surface area (Å²) in [5.74, 6) is 1.38. The predicted octanol–water partition coefficient (Wildman–Crippen LogP) is 1.57. The zero-order valence-corrected chi connectivity index (χ0v) is 13.3. The van der Waals surface area contributed by atoms with Crippen molar-refractivity contribution >= 4 is 24.4 Å². The van der Waals surface area contributed by atoms with Crippen LogP contribution < -0.4 is 14.8 Å². The van der Waals surface area contributed by atoms with E-state index in [1.54, 1.807) is 19.1 Å². The number of hydrogen-bond donors (Lipinski definition) is 1. The van der Waals surface area contributed by atoms with E-state index in [0.29, 0.717) is 23.6 Å². The Hall–Kier alpha value is -1.72. The lowest BCUT2D eigenvalue weighted by Crippen LogP contribution is -2.35. The van der Waals surface area contributed by atoms with Crippen molar-refractivity contribution < 1.29 is 14.3 Å². The molecule has 1 amide bonds. The van der Waals surface area contributed by atoms with Crippen LogP contribution in [0.25, 0.3) is 6.08 Å². The van der Waals surface area contributed by atoms with Gasteiger partial charge in [-0.25, -0.2) is 0 Å². The van der Waals surface area contributed by atoms with Gasteiger partial charge in [0.25, 0.3) is 5.91 Å². The summed E-state index contributed by atoms with van der Waals surface area (Å²) in [7, 11) is 5.26. The molecule has 0 aromatic heterocycles. The van der Waals surface area contributed by atoms with Gasteiger partial charge in [0, 0.05) is 25.7 Å². The predicted molar refractivity (Wildman–Crippen MR) is 85.3 cm³/mol. The number of likely N-dealkylation sites (N-methyl/N-ethyl adjacent to an activating group) is 2. The average molecular weight is 313 g/mol. The Morgan fingerprint density at radius 3 is 2.90 bits per heavy atom.